The van der Waals surface area contributed by atoms with Crippen molar-refractivity contribution in [3.05, 3.63) is 35.2 Å². The molecule has 1 N–H and O–H groups in total. The molecule has 0 atom stereocenters. The summed E-state index contributed by atoms with van der Waals surface area (Å²) in [6.45, 7) is 6.53. The van der Waals surface area contributed by atoms with Crippen LogP contribution in [0.4, 0.5) is 0 Å². The van der Waals surface area contributed by atoms with Gasteiger partial charge < -0.3 is 5.32 Å². The SMILES string of the molecule is Cc1cn(CCNC(=O)c2cc(C)nc(C)n2)nn1. The molecule has 0 saturated carbocycles. The Hall–Kier alpha value is -2.31. The molecule has 7 nitrogen and oxygen atoms in total. The normalized spacial score (nSPS) is 10.5. The summed E-state index contributed by atoms with van der Waals surface area (Å²) in [6, 6.07) is 1.67. The zero-order valence-electron chi connectivity index (χ0n) is 11.2. The van der Waals surface area contributed by atoms with Crippen LogP contribution < -0.4 is 5.32 Å². The molecule has 100 valence electrons. The van der Waals surface area contributed by atoms with E-state index in [1.807, 2.05) is 20.0 Å². The molecule has 2 aromatic heterocycles. The summed E-state index contributed by atoms with van der Waals surface area (Å²) >= 11 is 0. The predicted molar refractivity (Wildman–Crippen MR) is 68.6 cm³/mol. The zero-order chi connectivity index (χ0) is 13.8. The molecule has 0 aliphatic carbocycles. The summed E-state index contributed by atoms with van der Waals surface area (Å²) in [5, 5.41) is 10.6. The minimum Gasteiger partial charge on any atom is -0.349 e. The van der Waals surface area contributed by atoms with Crippen molar-refractivity contribution in [3.63, 3.8) is 0 Å². The third kappa shape index (κ3) is 3.57. The van der Waals surface area contributed by atoms with Gasteiger partial charge in [-0.15, -0.1) is 5.10 Å². The Labute approximate surface area is 111 Å². The number of rotatable bonds is 4. The van der Waals surface area contributed by atoms with E-state index >= 15 is 0 Å². The first-order valence-corrected chi connectivity index (χ1v) is 6.02. The number of carbonyl (C=O) groups excluding carboxylic acids is 1. The molecule has 7 heteroatoms. The van der Waals surface area contributed by atoms with Crippen LogP contribution in [0.2, 0.25) is 0 Å². The van der Waals surface area contributed by atoms with Crippen LogP contribution >= 0.6 is 0 Å². The molecule has 0 spiro atoms. The molecule has 0 aliphatic rings. The van der Waals surface area contributed by atoms with Crippen LogP contribution in [0.15, 0.2) is 12.3 Å². The Bertz CT molecular complexity index is 571. The summed E-state index contributed by atoms with van der Waals surface area (Å²) in [6.07, 6.45) is 1.82. The van der Waals surface area contributed by atoms with Crippen molar-refractivity contribution in [2.45, 2.75) is 27.3 Å². The molecule has 0 unspecified atom stereocenters. The monoisotopic (exact) mass is 260 g/mol. The van der Waals surface area contributed by atoms with Gasteiger partial charge in [-0.25, -0.2) is 9.97 Å². The lowest BCUT2D eigenvalue weighted by atomic mass is 10.3. The lowest BCUT2D eigenvalue weighted by Gasteiger charge is -2.05. The van der Waals surface area contributed by atoms with Gasteiger partial charge in [0.2, 0.25) is 0 Å². The van der Waals surface area contributed by atoms with E-state index in [9.17, 15) is 4.79 Å². The van der Waals surface area contributed by atoms with Gasteiger partial charge in [0.15, 0.2) is 0 Å². The van der Waals surface area contributed by atoms with Gasteiger partial charge in [-0.2, -0.15) is 0 Å². The summed E-state index contributed by atoms with van der Waals surface area (Å²) in [5.41, 5.74) is 2.03. The first-order valence-electron chi connectivity index (χ1n) is 6.02. The molecule has 2 aromatic rings. The molecule has 0 bridgehead atoms. The average Bonchev–Trinajstić information content (AvgIpc) is 2.73. The van der Waals surface area contributed by atoms with Crippen molar-refractivity contribution in [1.82, 2.24) is 30.3 Å². The molecule has 1 amide bonds. The van der Waals surface area contributed by atoms with Crippen LogP contribution in [0.5, 0.6) is 0 Å². The van der Waals surface area contributed by atoms with E-state index in [-0.39, 0.29) is 5.91 Å². The van der Waals surface area contributed by atoms with Crippen molar-refractivity contribution >= 4 is 5.91 Å². The molecular weight excluding hydrogens is 244 g/mol. The van der Waals surface area contributed by atoms with Crippen molar-refractivity contribution in [1.29, 1.82) is 0 Å². The Morgan fingerprint density at radius 1 is 1.26 bits per heavy atom. The van der Waals surface area contributed by atoms with E-state index in [4.69, 9.17) is 0 Å². The van der Waals surface area contributed by atoms with Gasteiger partial charge in [-0.1, -0.05) is 5.21 Å². The maximum atomic E-state index is 11.9. The summed E-state index contributed by atoms with van der Waals surface area (Å²) in [7, 11) is 0. The quantitative estimate of drug-likeness (QED) is 0.861. The number of carbonyl (C=O) groups is 1. The lowest BCUT2D eigenvalue weighted by Crippen LogP contribution is -2.28. The van der Waals surface area contributed by atoms with Gasteiger partial charge in [-0.3, -0.25) is 9.48 Å². The van der Waals surface area contributed by atoms with Gasteiger partial charge in [0.1, 0.15) is 11.5 Å². The van der Waals surface area contributed by atoms with E-state index in [1.165, 1.54) is 0 Å². The molecule has 0 saturated heterocycles. The highest BCUT2D eigenvalue weighted by Gasteiger charge is 2.08. The highest BCUT2D eigenvalue weighted by Crippen LogP contribution is 1.99. The molecule has 0 fully saturated rings. The van der Waals surface area contributed by atoms with Crippen LogP contribution in [-0.2, 0) is 6.54 Å². The molecule has 2 heterocycles. The van der Waals surface area contributed by atoms with E-state index in [2.05, 4.69) is 25.6 Å². The van der Waals surface area contributed by atoms with E-state index < -0.39 is 0 Å². The second-order valence-corrected chi connectivity index (χ2v) is 4.32. The Morgan fingerprint density at radius 2 is 2.05 bits per heavy atom. The van der Waals surface area contributed by atoms with Crippen LogP contribution in [-0.4, -0.2) is 37.4 Å². The van der Waals surface area contributed by atoms with E-state index in [1.54, 1.807) is 17.7 Å². The fraction of sp³-hybridized carbons (Fsp3) is 0.417. The Kier molecular flexibility index (Phi) is 3.84. The number of aromatic nitrogens is 5. The van der Waals surface area contributed by atoms with Crippen LogP contribution in [0, 0.1) is 20.8 Å². The minimum absolute atomic E-state index is 0.203. The summed E-state index contributed by atoms with van der Waals surface area (Å²) < 4.78 is 1.69. The molecule has 0 radical (unpaired) electrons. The van der Waals surface area contributed by atoms with Gasteiger partial charge in [0, 0.05) is 18.4 Å². The number of hydrogen-bond donors (Lipinski definition) is 1. The Balaban J connectivity index is 1.90. The van der Waals surface area contributed by atoms with Gasteiger partial charge in [0.25, 0.3) is 5.91 Å². The molecule has 0 aliphatic heterocycles. The second kappa shape index (κ2) is 5.55. The molecular formula is C12H16N6O. The van der Waals surface area contributed by atoms with Crippen LogP contribution in [0.3, 0.4) is 0 Å². The van der Waals surface area contributed by atoms with Gasteiger partial charge >= 0.3 is 0 Å². The van der Waals surface area contributed by atoms with Crippen molar-refractivity contribution in [2.75, 3.05) is 6.54 Å². The van der Waals surface area contributed by atoms with E-state index in [0.717, 1.165) is 11.4 Å². The fourth-order valence-electron chi connectivity index (χ4n) is 1.71. The number of hydrogen-bond acceptors (Lipinski definition) is 5. The zero-order valence-corrected chi connectivity index (χ0v) is 11.2. The number of nitrogens with zero attached hydrogens (tertiary/aromatic N) is 5. The fourth-order valence-corrected chi connectivity index (χ4v) is 1.71. The molecule has 0 aromatic carbocycles. The van der Waals surface area contributed by atoms with Crippen LogP contribution in [0.25, 0.3) is 0 Å². The Morgan fingerprint density at radius 3 is 2.68 bits per heavy atom. The third-order valence-electron chi connectivity index (χ3n) is 2.48. The first-order chi connectivity index (χ1) is 9.04. The smallest absolute Gasteiger partial charge is 0.270 e. The molecule has 19 heavy (non-hydrogen) atoms. The summed E-state index contributed by atoms with van der Waals surface area (Å²) in [4.78, 5) is 20.1. The highest BCUT2D eigenvalue weighted by atomic mass is 16.1. The average molecular weight is 260 g/mol. The molecule has 2 rings (SSSR count). The van der Waals surface area contributed by atoms with Gasteiger partial charge in [-0.05, 0) is 26.8 Å². The van der Waals surface area contributed by atoms with Crippen molar-refractivity contribution < 1.29 is 4.79 Å². The number of amides is 1. The lowest BCUT2D eigenvalue weighted by molar-refractivity contribution is 0.0946. The van der Waals surface area contributed by atoms with Crippen molar-refractivity contribution in [2.24, 2.45) is 0 Å². The van der Waals surface area contributed by atoms with Gasteiger partial charge in [0.05, 0.1) is 12.2 Å². The maximum absolute atomic E-state index is 11.9. The highest BCUT2D eigenvalue weighted by molar-refractivity contribution is 5.92. The number of nitrogens with one attached hydrogen (secondary N) is 1. The summed E-state index contributed by atoms with van der Waals surface area (Å²) in [5.74, 6) is 0.391. The third-order valence-corrected chi connectivity index (χ3v) is 2.48. The number of aryl methyl sites for hydroxylation is 3. The van der Waals surface area contributed by atoms with Crippen LogP contribution in [0.1, 0.15) is 27.7 Å². The minimum atomic E-state index is -0.203. The second-order valence-electron chi connectivity index (χ2n) is 4.32. The predicted octanol–water partition coefficient (Wildman–Crippen LogP) is 0.423. The maximum Gasteiger partial charge on any atom is 0.270 e. The van der Waals surface area contributed by atoms with Crippen molar-refractivity contribution in [3.8, 4) is 0 Å². The topological polar surface area (TPSA) is 85.6 Å². The standard InChI is InChI=1S/C12H16N6O/c1-8-6-11(15-10(3)14-8)12(19)13-4-5-18-7-9(2)16-17-18/h6-7H,4-5H2,1-3H3,(H,13,19). The largest absolute Gasteiger partial charge is 0.349 e. The first kappa shape index (κ1) is 13.1. The van der Waals surface area contributed by atoms with E-state index in [0.29, 0.717) is 24.6 Å².